The largest absolute Gasteiger partial charge is 0.220 e. The van der Waals surface area contributed by atoms with E-state index in [1.807, 2.05) is 12.1 Å². The van der Waals surface area contributed by atoms with Crippen molar-refractivity contribution in [3.05, 3.63) is 29.8 Å². The molecule has 1 aromatic rings. The molecule has 0 spiro atoms. The predicted octanol–water partition coefficient (Wildman–Crippen LogP) is 6.58. The third-order valence-electron chi connectivity index (χ3n) is 3.90. The smallest absolute Gasteiger partial charge is 0.0714 e. The van der Waals surface area contributed by atoms with Crippen LogP contribution in [0.15, 0.2) is 29.2 Å². The van der Waals surface area contributed by atoms with E-state index in [1.54, 1.807) is 0 Å². The van der Waals surface area contributed by atoms with Gasteiger partial charge >= 0.3 is 0 Å². The van der Waals surface area contributed by atoms with Crippen LogP contribution in [-0.4, -0.2) is 5.26 Å². The first-order valence-corrected chi connectivity index (χ1v) is 9.34. The molecule has 0 aliphatic rings. The second-order valence-corrected chi connectivity index (χ2v) is 6.58. The molecule has 23 heavy (non-hydrogen) atoms. The van der Waals surface area contributed by atoms with E-state index in [9.17, 15) is 0 Å². The van der Waals surface area contributed by atoms with E-state index in [2.05, 4.69) is 28.4 Å². The Morgan fingerprint density at radius 1 is 0.826 bits per heavy atom. The van der Waals surface area contributed by atoms with Crippen LogP contribution in [0, 0.1) is 0 Å². The van der Waals surface area contributed by atoms with E-state index >= 15 is 0 Å². The first-order chi connectivity index (χ1) is 10.9. The molecule has 0 radical (unpaired) electrons. The van der Waals surface area contributed by atoms with Crippen molar-refractivity contribution in [2.75, 3.05) is 0 Å². The Morgan fingerprint density at radius 2 is 1.35 bits per heavy atom. The van der Waals surface area contributed by atoms with Gasteiger partial charge in [0.05, 0.1) is 12.0 Å². The molecular formula is C18H30O3SZn. The SMILES string of the molecule is CCCCCCCCCCCCc1ccc(SOOO)cc1.[Zn]. The fourth-order valence-electron chi connectivity index (χ4n) is 2.58. The average Bonchev–Trinajstić information content (AvgIpc) is 2.56. The van der Waals surface area contributed by atoms with E-state index in [4.69, 9.17) is 5.26 Å². The molecule has 3 nitrogen and oxygen atoms in total. The van der Waals surface area contributed by atoms with Gasteiger partial charge in [-0.2, -0.15) is 0 Å². The van der Waals surface area contributed by atoms with Crippen molar-refractivity contribution < 1.29 is 34.1 Å². The Balaban J connectivity index is 0.00000484. The minimum absolute atomic E-state index is 0. The maximum Gasteiger partial charge on any atom is 0.0714 e. The Hall–Kier alpha value is 0.0734. The van der Waals surface area contributed by atoms with Gasteiger partial charge in [0.2, 0.25) is 0 Å². The van der Waals surface area contributed by atoms with Crippen LogP contribution in [0.2, 0.25) is 0 Å². The van der Waals surface area contributed by atoms with Gasteiger partial charge in [-0.25, -0.2) is 5.26 Å². The number of hydrogen-bond donors (Lipinski definition) is 1. The predicted molar refractivity (Wildman–Crippen MR) is 92.6 cm³/mol. The molecule has 0 amide bonds. The summed E-state index contributed by atoms with van der Waals surface area (Å²) >= 11 is 1.00. The summed E-state index contributed by atoms with van der Waals surface area (Å²) in [5.41, 5.74) is 1.36. The van der Waals surface area contributed by atoms with Crippen molar-refractivity contribution in [3.63, 3.8) is 0 Å². The number of benzene rings is 1. The molecule has 1 aromatic carbocycles. The van der Waals surface area contributed by atoms with E-state index in [0.717, 1.165) is 23.4 Å². The van der Waals surface area contributed by atoms with Crippen LogP contribution >= 0.6 is 12.0 Å². The summed E-state index contributed by atoms with van der Waals surface area (Å²) in [6.07, 6.45) is 14.9. The van der Waals surface area contributed by atoms with Crippen LogP contribution < -0.4 is 0 Å². The van der Waals surface area contributed by atoms with Crippen LogP contribution in [0.25, 0.3) is 0 Å². The molecule has 0 atom stereocenters. The van der Waals surface area contributed by atoms with Crippen LogP contribution in [0.4, 0.5) is 0 Å². The van der Waals surface area contributed by atoms with Crippen molar-refractivity contribution in [1.29, 1.82) is 0 Å². The van der Waals surface area contributed by atoms with E-state index < -0.39 is 0 Å². The standard InChI is InChI=1S/C18H30O3S.Zn/c1-2-3-4-5-6-7-8-9-10-11-12-17-13-15-18(16-14-17)22-21-20-19;/h13-16,19H,2-12H2,1H3;. The fourth-order valence-corrected chi connectivity index (χ4v) is 2.94. The zero-order valence-electron chi connectivity index (χ0n) is 14.5. The third kappa shape index (κ3) is 13.1. The van der Waals surface area contributed by atoms with Gasteiger partial charge in [-0.3, -0.25) is 0 Å². The molecule has 0 saturated heterocycles. The Bertz CT molecular complexity index is 360. The first-order valence-electron chi connectivity index (χ1n) is 8.60. The van der Waals surface area contributed by atoms with Gasteiger partial charge in [0.25, 0.3) is 0 Å². The molecule has 1 N–H and O–H groups in total. The van der Waals surface area contributed by atoms with Crippen LogP contribution in [-0.2, 0) is 35.3 Å². The number of rotatable bonds is 14. The Kier molecular flexibility index (Phi) is 17.0. The first kappa shape index (κ1) is 23.1. The van der Waals surface area contributed by atoms with Crippen molar-refractivity contribution in [2.24, 2.45) is 0 Å². The van der Waals surface area contributed by atoms with Crippen molar-refractivity contribution in [1.82, 2.24) is 0 Å². The molecule has 0 unspecified atom stereocenters. The molecule has 0 aliphatic carbocycles. The minimum Gasteiger partial charge on any atom is -0.220 e. The summed E-state index contributed by atoms with van der Waals surface area (Å²) in [5.74, 6) is 0. The van der Waals surface area contributed by atoms with Crippen LogP contribution in [0.3, 0.4) is 0 Å². The maximum absolute atomic E-state index is 8.10. The molecule has 1 rings (SSSR count). The van der Waals surface area contributed by atoms with Gasteiger partial charge in [-0.1, -0.05) is 81.9 Å². The van der Waals surface area contributed by atoms with Crippen LogP contribution in [0.5, 0.6) is 0 Å². The van der Waals surface area contributed by atoms with Crippen molar-refractivity contribution in [3.8, 4) is 0 Å². The molecule has 0 bridgehead atoms. The monoisotopic (exact) mass is 390 g/mol. The molecular weight excluding hydrogens is 362 g/mol. The van der Waals surface area contributed by atoms with Gasteiger partial charge < -0.3 is 0 Å². The summed E-state index contributed by atoms with van der Waals surface area (Å²) < 4.78 is 4.40. The summed E-state index contributed by atoms with van der Waals surface area (Å²) in [7, 11) is 0. The van der Waals surface area contributed by atoms with Gasteiger partial charge in [0.1, 0.15) is 0 Å². The van der Waals surface area contributed by atoms with Crippen LogP contribution in [0.1, 0.15) is 76.7 Å². The number of hydrogen-bond acceptors (Lipinski definition) is 4. The summed E-state index contributed by atoms with van der Waals surface area (Å²) in [4.78, 5) is 0.917. The van der Waals surface area contributed by atoms with Crippen molar-refractivity contribution >= 4 is 12.0 Å². The minimum atomic E-state index is 0. The molecule has 5 heteroatoms. The van der Waals surface area contributed by atoms with E-state index in [-0.39, 0.29) is 19.5 Å². The second kappa shape index (κ2) is 16.9. The normalized spacial score (nSPS) is 10.5. The molecule has 0 saturated carbocycles. The zero-order chi connectivity index (χ0) is 15.9. The second-order valence-electron chi connectivity index (χ2n) is 5.80. The summed E-state index contributed by atoms with van der Waals surface area (Å²) in [6.45, 7) is 2.27. The van der Waals surface area contributed by atoms with Gasteiger partial charge in [0.15, 0.2) is 0 Å². The van der Waals surface area contributed by atoms with Gasteiger partial charge in [-0.15, -0.1) is 4.33 Å². The maximum atomic E-state index is 8.10. The van der Waals surface area contributed by atoms with Gasteiger partial charge in [0, 0.05) is 24.4 Å². The molecule has 0 fully saturated rings. The molecule has 0 heterocycles. The number of unbranched alkanes of at least 4 members (excludes halogenated alkanes) is 9. The van der Waals surface area contributed by atoms with E-state index in [1.165, 1.54) is 69.8 Å². The quantitative estimate of drug-likeness (QED) is 0.128. The Labute approximate surface area is 158 Å². The molecule has 0 aliphatic heterocycles. The fraction of sp³-hybridized carbons (Fsp3) is 0.667. The number of aryl methyl sites for hydroxylation is 1. The van der Waals surface area contributed by atoms with Gasteiger partial charge in [-0.05, 0) is 30.5 Å². The Morgan fingerprint density at radius 3 is 1.87 bits per heavy atom. The summed E-state index contributed by atoms with van der Waals surface area (Å²) in [5, 5.41) is 11.7. The average molecular weight is 392 g/mol. The zero-order valence-corrected chi connectivity index (χ0v) is 18.3. The molecule has 128 valence electrons. The third-order valence-corrected chi connectivity index (χ3v) is 4.50. The molecule has 0 aromatic heterocycles. The topological polar surface area (TPSA) is 38.7 Å². The summed E-state index contributed by atoms with van der Waals surface area (Å²) in [6, 6.07) is 8.18. The van der Waals surface area contributed by atoms with E-state index in [0.29, 0.717) is 0 Å². The van der Waals surface area contributed by atoms with Crippen molar-refractivity contribution in [2.45, 2.75) is 82.4 Å².